The van der Waals surface area contributed by atoms with E-state index in [2.05, 4.69) is 13.2 Å². The first-order valence-corrected chi connectivity index (χ1v) is 6.11. The Morgan fingerprint density at radius 3 is 2.38 bits per heavy atom. The number of rotatable bonds is 10. The minimum absolute atomic E-state index is 0.106. The van der Waals surface area contributed by atoms with Crippen molar-refractivity contribution < 1.29 is 9.53 Å². The third-order valence-electron chi connectivity index (χ3n) is 2.48. The molecule has 0 aliphatic heterocycles. The number of hydrogen-bond donors (Lipinski definition) is 0. The smallest absolute Gasteiger partial charge is 0.303 e. The number of unbranched alkanes of at least 4 members (excludes halogenated alkanes) is 5. The molecular formula is C14H24O2. The standard InChI is InChI=1S/C14H24O2/c1-4-6-7-8-9-10-11-12-14(5-2)16-13(3)15/h4-5,14H,1-2,6-12H2,3H3. The van der Waals surface area contributed by atoms with Gasteiger partial charge in [-0.05, 0) is 25.7 Å². The first-order valence-electron chi connectivity index (χ1n) is 6.11. The molecule has 1 unspecified atom stereocenters. The summed E-state index contributed by atoms with van der Waals surface area (Å²) in [6.45, 7) is 8.80. The lowest BCUT2D eigenvalue weighted by molar-refractivity contribution is -0.144. The topological polar surface area (TPSA) is 26.3 Å². The molecule has 0 fully saturated rings. The van der Waals surface area contributed by atoms with Crippen LogP contribution in [-0.4, -0.2) is 12.1 Å². The molecule has 0 aromatic heterocycles. The van der Waals surface area contributed by atoms with Crippen LogP contribution in [0.5, 0.6) is 0 Å². The summed E-state index contributed by atoms with van der Waals surface area (Å²) in [5.74, 6) is -0.226. The summed E-state index contributed by atoms with van der Waals surface area (Å²) in [5.41, 5.74) is 0. The maximum Gasteiger partial charge on any atom is 0.303 e. The summed E-state index contributed by atoms with van der Waals surface area (Å²) in [4.78, 5) is 10.7. The van der Waals surface area contributed by atoms with Crippen LogP contribution < -0.4 is 0 Å². The van der Waals surface area contributed by atoms with E-state index in [0.29, 0.717) is 0 Å². The van der Waals surface area contributed by atoms with E-state index in [0.717, 1.165) is 19.3 Å². The van der Waals surface area contributed by atoms with Gasteiger partial charge in [-0.25, -0.2) is 0 Å². The molecule has 0 aliphatic rings. The molecule has 0 aliphatic carbocycles. The second kappa shape index (κ2) is 10.5. The Bertz CT molecular complexity index is 209. The molecule has 0 saturated heterocycles. The van der Waals surface area contributed by atoms with E-state index in [9.17, 15) is 4.79 Å². The van der Waals surface area contributed by atoms with Gasteiger partial charge < -0.3 is 4.74 Å². The highest BCUT2D eigenvalue weighted by Gasteiger charge is 2.06. The molecule has 0 N–H and O–H groups in total. The predicted molar refractivity (Wildman–Crippen MR) is 68.3 cm³/mol. The minimum atomic E-state index is -0.226. The average molecular weight is 224 g/mol. The maximum atomic E-state index is 10.7. The van der Waals surface area contributed by atoms with Crippen molar-refractivity contribution >= 4 is 5.97 Å². The Labute approximate surface area is 99.4 Å². The molecular weight excluding hydrogens is 200 g/mol. The number of carbonyl (C=O) groups excluding carboxylic acids is 1. The highest BCUT2D eigenvalue weighted by Crippen LogP contribution is 2.11. The lowest BCUT2D eigenvalue weighted by Crippen LogP contribution is -2.13. The summed E-state index contributed by atoms with van der Waals surface area (Å²) in [7, 11) is 0. The van der Waals surface area contributed by atoms with Crippen LogP contribution in [0.25, 0.3) is 0 Å². The summed E-state index contributed by atoms with van der Waals surface area (Å²) < 4.78 is 5.07. The van der Waals surface area contributed by atoms with Crippen LogP contribution in [0.3, 0.4) is 0 Å². The lowest BCUT2D eigenvalue weighted by Gasteiger charge is -2.12. The number of hydrogen-bond acceptors (Lipinski definition) is 2. The van der Waals surface area contributed by atoms with Gasteiger partial charge in [-0.15, -0.1) is 6.58 Å². The van der Waals surface area contributed by atoms with Gasteiger partial charge in [-0.2, -0.15) is 0 Å². The zero-order chi connectivity index (χ0) is 12.2. The van der Waals surface area contributed by atoms with E-state index < -0.39 is 0 Å². The van der Waals surface area contributed by atoms with E-state index in [1.165, 1.54) is 32.6 Å². The van der Waals surface area contributed by atoms with E-state index in [1.807, 2.05) is 6.08 Å². The van der Waals surface area contributed by atoms with Gasteiger partial charge in [0, 0.05) is 6.92 Å². The Kier molecular flexibility index (Phi) is 9.78. The fourth-order valence-electron chi connectivity index (χ4n) is 1.60. The van der Waals surface area contributed by atoms with Crippen molar-refractivity contribution in [2.45, 2.75) is 58.0 Å². The maximum absolute atomic E-state index is 10.7. The third kappa shape index (κ3) is 9.50. The summed E-state index contributed by atoms with van der Waals surface area (Å²) in [6.07, 6.45) is 11.6. The molecule has 0 aromatic carbocycles. The van der Waals surface area contributed by atoms with Crippen LogP contribution in [0, 0.1) is 0 Å². The lowest BCUT2D eigenvalue weighted by atomic mass is 10.1. The first-order chi connectivity index (χ1) is 7.70. The first kappa shape index (κ1) is 14.9. The average Bonchev–Trinajstić information content (AvgIpc) is 2.25. The van der Waals surface area contributed by atoms with Crippen LogP contribution in [0.2, 0.25) is 0 Å². The minimum Gasteiger partial charge on any atom is -0.458 e. The Morgan fingerprint density at radius 2 is 1.81 bits per heavy atom. The van der Waals surface area contributed by atoms with Gasteiger partial charge >= 0.3 is 5.97 Å². The quantitative estimate of drug-likeness (QED) is 0.318. The molecule has 0 spiro atoms. The van der Waals surface area contributed by atoms with Crippen molar-refractivity contribution in [3.8, 4) is 0 Å². The van der Waals surface area contributed by atoms with Crippen LogP contribution in [0.15, 0.2) is 25.3 Å². The van der Waals surface area contributed by atoms with Gasteiger partial charge in [0.25, 0.3) is 0 Å². The van der Waals surface area contributed by atoms with Crippen molar-refractivity contribution in [3.05, 3.63) is 25.3 Å². The van der Waals surface area contributed by atoms with Crippen LogP contribution in [0.1, 0.15) is 51.9 Å². The Morgan fingerprint density at radius 1 is 1.19 bits per heavy atom. The van der Waals surface area contributed by atoms with Crippen molar-refractivity contribution in [1.29, 1.82) is 0 Å². The number of esters is 1. The van der Waals surface area contributed by atoms with Crippen molar-refractivity contribution in [2.75, 3.05) is 0 Å². The van der Waals surface area contributed by atoms with E-state index in [4.69, 9.17) is 4.74 Å². The van der Waals surface area contributed by atoms with Gasteiger partial charge in [-0.3, -0.25) is 4.79 Å². The van der Waals surface area contributed by atoms with Crippen LogP contribution >= 0.6 is 0 Å². The predicted octanol–water partition coefficient (Wildman–Crippen LogP) is 4.02. The molecule has 2 heteroatoms. The second-order valence-corrected chi connectivity index (χ2v) is 4.02. The summed E-state index contributed by atoms with van der Waals surface area (Å²) in [5, 5.41) is 0. The van der Waals surface area contributed by atoms with Gasteiger partial charge in [0.2, 0.25) is 0 Å². The fraction of sp³-hybridized carbons (Fsp3) is 0.643. The Balaban J connectivity index is 3.37. The number of allylic oxidation sites excluding steroid dienone is 1. The molecule has 0 aromatic rings. The molecule has 0 rings (SSSR count). The Hall–Kier alpha value is -1.05. The van der Waals surface area contributed by atoms with E-state index in [1.54, 1.807) is 6.08 Å². The third-order valence-corrected chi connectivity index (χ3v) is 2.48. The van der Waals surface area contributed by atoms with Gasteiger partial charge in [-0.1, -0.05) is 38.0 Å². The fourth-order valence-corrected chi connectivity index (χ4v) is 1.60. The largest absolute Gasteiger partial charge is 0.458 e. The van der Waals surface area contributed by atoms with Crippen molar-refractivity contribution in [1.82, 2.24) is 0 Å². The highest BCUT2D eigenvalue weighted by atomic mass is 16.5. The summed E-state index contributed by atoms with van der Waals surface area (Å²) >= 11 is 0. The van der Waals surface area contributed by atoms with Crippen LogP contribution in [-0.2, 0) is 9.53 Å². The highest BCUT2D eigenvalue weighted by molar-refractivity contribution is 5.66. The molecule has 0 amide bonds. The van der Waals surface area contributed by atoms with Gasteiger partial charge in [0.15, 0.2) is 0 Å². The molecule has 0 heterocycles. The SMILES string of the molecule is C=CCCCCCCCC(C=C)OC(C)=O. The van der Waals surface area contributed by atoms with E-state index >= 15 is 0 Å². The molecule has 2 nitrogen and oxygen atoms in total. The zero-order valence-corrected chi connectivity index (χ0v) is 10.4. The monoisotopic (exact) mass is 224 g/mol. The molecule has 0 saturated carbocycles. The molecule has 16 heavy (non-hydrogen) atoms. The van der Waals surface area contributed by atoms with E-state index in [-0.39, 0.29) is 12.1 Å². The molecule has 1 atom stereocenters. The number of carbonyl (C=O) groups is 1. The van der Waals surface area contributed by atoms with Crippen LogP contribution in [0.4, 0.5) is 0 Å². The molecule has 0 radical (unpaired) electrons. The number of ether oxygens (including phenoxy) is 1. The second-order valence-electron chi connectivity index (χ2n) is 4.02. The van der Waals surface area contributed by atoms with Crippen molar-refractivity contribution in [2.24, 2.45) is 0 Å². The van der Waals surface area contributed by atoms with Gasteiger partial charge in [0.1, 0.15) is 6.10 Å². The summed E-state index contributed by atoms with van der Waals surface area (Å²) in [6, 6.07) is 0. The van der Waals surface area contributed by atoms with Gasteiger partial charge in [0.05, 0.1) is 0 Å². The molecule has 0 bridgehead atoms. The zero-order valence-electron chi connectivity index (χ0n) is 10.4. The van der Waals surface area contributed by atoms with Crippen molar-refractivity contribution in [3.63, 3.8) is 0 Å². The molecule has 92 valence electrons. The normalized spacial score (nSPS) is 11.8.